The average molecular weight is 275 g/mol. The molecule has 2 heterocycles. The van der Waals surface area contributed by atoms with Crippen LogP contribution in [0.1, 0.15) is 26.3 Å². The number of benzene rings is 1. The molecule has 1 aromatic carbocycles. The van der Waals surface area contributed by atoms with Crippen LogP contribution in [0.3, 0.4) is 0 Å². The molecular formula is C13H10NO4P. The molecule has 0 saturated carbocycles. The molecule has 19 heavy (non-hydrogen) atoms. The molecule has 96 valence electrons. The van der Waals surface area contributed by atoms with E-state index in [1.807, 2.05) is 6.08 Å². The Kier molecular flexibility index (Phi) is 3.15. The first-order chi connectivity index (χ1) is 9.27. The summed E-state index contributed by atoms with van der Waals surface area (Å²) in [6, 6.07) is 5.20. The summed E-state index contributed by atoms with van der Waals surface area (Å²) < 4.78 is 10.3. The first kappa shape index (κ1) is 12.1. The number of nitrogens with one attached hydrogen (secondary N) is 1. The number of carbonyl (C=O) groups is 2. The van der Waals surface area contributed by atoms with E-state index in [2.05, 4.69) is 5.32 Å². The number of allylic oxidation sites excluding steroid dienone is 2. The van der Waals surface area contributed by atoms with Crippen molar-refractivity contribution in [1.29, 1.82) is 0 Å². The molecule has 2 amide bonds. The van der Waals surface area contributed by atoms with Gasteiger partial charge in [0.2, 0.25) is 9.03 Å². The van der Waals surface area contributed by atoms with Crippen LogP contribution in [0.2, 0.25) is 0 Å². The van der Waals surface area contributed by atoms with Crippen LogP contribution in [0.25, 0.3) is 5.57 Å². The highest BCUT2D eigenvalue weighted by Gasteiger charge is 2.29. The van der Waals surface area contributed by atoms with Gasteiger partial charge in [-0.15, -0.1) is 0 Å². The summed E-state index contributed by atoms with van der Waals surface area (Å²) >= 11 is 0. The lowest BCUT2D eigenvalue weighted by Crippen LogP contribution is -2.20. The van der Waals surface area contributed by atoms with Crippen molar-refractivity contribution in [2.45, 2.75) is 0 Å². The predicted octanol–water partition coefficient (Wildman–Crippen LogP) is 2.02. The highest BCUT2D eigenvalue weighted by Crippen LogP contribution is 2.28. The minimum absolute atomic E-state index is 0.0286. The average Bonchev–Trinajstić information content (AvgIpc) is 2.65. The van der Waals surface area contributed by atoms with Gasteiger partial charge in [-0.1, -0.05) is 18.2 Å². The molecule has 1 N–H and O–H groups in total. The SMILES string of the molecule is O=C1NC(=O)c2c1cccc2C1=C/COPO/C=C\1. The molecule has 0 radical (unpaired) electrons. The van der Waals surface area contributed by atoms with E-state index >= 15 is 0 Å². The standard InChI is InChI=1S/C13H10NO4P/c15-12-10-3-1-2-9(11(10)13(16)14-12)8-4-6-17-19-18-7-5-8/h1-6,19H,7H2,(H,14,15,16)/b6-4-,8-5+. The Morgan fingerprint density at radius 3 is 2.89 bits per heavy atom. The van der Waals surface area contributed by atoms with Crippen molar-refractivity contribution >= 4 is 26.4 Å². The molecule has 1 aromatic rings. The quantitative estimate of drug-likeness (QED) is 0.629. The Morgan fingerprint density at radius 2 is 2.00 bits per heavy atom. The van der Waals surface area contributed by atoms with Gasteiger partial charge in [-0.2, -0.15) is 0 Å². The number of amides is 2. The lowest BCUT2D eigenvalue weighted by molar-refractivity contribution is 0.0879. The lowest BCUT2D eigenvalue weighted by Gasteiger charge is -2.10. The van der Waals surface area contributed by atoms with Crippen molar-refractivity contribution in [2.75, 3.05) is 6.61 Å². The Bertz CT molecular complexity index is 621. The van der Waals surface area contributed by atoms with Crippen LogP contribution >= 0.6 is 9.03 Å². The fourth-order valence-corrected chi connectivity index (χ4v) is 2.41. The summed E-state index contributed by atoms with van der Waals surface area (Å²) in [5.74, 6) is -0.720. The van der Waals surface area contributed by atoms with Crippen LogP contribution in [-0.2, 0) is 9.05 Å². The lowest BCUT2D eigenvalue weighted by atomic mass is 9.96. The van der Waals surface area contributed by atoms with Gasteiger partial charge in [-0.25, -0.2) is 0 Å². The number of imide groups is 1. The summed E-state index contributed by atoms with van der Waals surface area (Å²) in [5, 5.41) is 2.30. The Hall–Kier alpha value is -1.97. The summed E-state index contributed by atoms with van der Waals surface area (Å²) in [6.45, 7) is 0.400. The third-order valence-corrected chi connectivity index (χ3v) is 3.40. The van der Waals surface area contributed by atoms with E-state index in [9.17, 15) is 9.59 Å². The van der Waals surface area contributed by atoms with Crippen molar-refractivity contribution in [1.82, 2.24) is 5.32 Å². The minimum Gasteiger partial charge on any atom is -0.457 e. The maximum absolute atomic E-state index is 11.8. The maximum atomic E-state index is 11.8. The van der Waals surface area contributed by atoms with Crippen LogP contribution in [0.15, 0.2) is 36.6 Å². The normalized spacial score (nSPS) is 23.7. The van der Waals surface area contributed by atoms with Gasteiger partial charge in [0.05, 0.1) is 24.0 Å². The molecule has 0 aromatic heterocycles. The van der Waals surface area contributed by atoms with Gasteiger partial charge in [-0.3, -0.25) is 14.9 Å². The van der Waals surface area contributed by atoms with Gasteiger partial charge >= 0.3 is 0 Å². The monoisotopic (exact) mass is 275 g/mol. The van der Waals surface area contributed by atoms with E-state index in [1.54, 1.807) is 24.3 Å². The molecule has 1 unspecified atom stereocenters. The topological polar surface area (TPSA) is 64.6 Å². The summed E-state index contributed by atoms with van der Waals surface area (Å²) in [7, 11) is -0.0286. The van der Waals surface area contributed by atoms with E-state index in [-0.39, 0.29) is 20.8 Å². The second-order valence-electron chi connectivity index (χ2n) is 3.99. The molecule has 2 aliphatic rings. The van der Waals surface area contributed by atoms with Crippen molar-refractivity contribution in [2.24, 2.45) is 0 Å². The predicted molar refractivity (Wildman–Crippen MR) is 70.7 cm³/mol. The van der Waals surface area contributed by atoms with Gasteiger partial charge < -0.3 is 9.05 Å². The molecule has 0 bridgehead atoms. The smallest absolute Gasteiger partial charge is 0.259 e. The van der Waals surface area contributed by atoms with Gasteiger partial charge in [0.15, 0.2) is 0 Å². The number of fused-ring (bicyclic) bond motifs is 1. The molecule has 1 atom stereocenters. The Labute approximate surface area is 111 Å². The maximum Gasteiger partial charge on any atom is 0.259 e. The van der Waals surface area contributed by atoms with E-state index in [0.717, 1.165) is 5.57 Å². The molecule has 0 fully saturated rings. The van der Waals surface area contributed by atoms with Gasteiger partial charge in [0.1, 0.15) is 0 Å². The third kappa shape index (κ3) is 2.18. The summed E-state index contributed by atoms with van der Waals surface area (Å²) in [4.78, 5) is 23.5. The second-order valence-corrected chi connectivity index (χ2v) is 4.68. The molecule has 0 saturated heterocycles. The number of carbonyl (C=O) groups excluding carboxylic acids is 2. The summed E-state index contributed by atoms with van der Waals surface area (Å²) in [5.41, 5.74) is 2.31. The van der Waals surface area contributed by atoms with Crippen molar-refractivity contribution in [3.05, 3.63) is 53.3 Å². The van der Waals surface area contributed by atoms with E-state index in [0.29, 0.717) is 23.3 Å². The molecule has 6 heteroatoms. The fourth-order valence-electron chi connectivity index (χ4n) is 2.06. The number of hydrogen-bond acceptors (Lipinski definition) is 4. The minimum atomic E-state index is -0.365. The highest BCUT2D eigenvalue weighted by atomic mass is 31.1. The van der Waals surface area contributed by atoms with E-state index in [4.69, 9.17) is 9.05 Å². The van der Waals surface area contributed by atoms with Crippen LogP contribution in [0.4, 0.5) is 0 Å². The summed E-state index contributed by atoms with van der Waals surface area (Å²) in [6.07, 6.45) is 5.15. The molecule has 2 aliphatic heterocycles. The van der Waals surface area contributed by atoms with Gasteiger partial charge in [-0.05, 0) is 23.3 Å². The molecule has 0 spiro atoms. The van der Waals surface area contributed by atoms with Gasteiger partial charge in [0.25, 0.3) is 11.8 Å². The Balaban J connectivity index is 2.11. The zero-order valence-corrected chi connectivity index (χ0v) is 10.8. The fraction of sp³-hybridized carbons (Fsp3) is 0.0769. The molecule has 5 nitrogen and oxygen atoms in total. The van der Waals surface area contributed by atoms with Crippen LogP contribution in [0.5, 0.6) is 0 Å². The van der Waals surface area contributed by atoms with Crippen molar-refractivity contribution in [3.63, 3.8) is 0 Å². The van der Waals surface area contributed by atoms with Crippen LogP contribution in [0, 0.1) is 0 Å². The van der Waals surface area contributed by atoms with Crippen LogP contribution < -0.4 is 5.32 Å². The van der Waals surface area contributed by atoms with Crippen molar-refractivity contribution < 1.29 is 18.6 Å². The first-order valence-electron chi connectivity index (χ1n) is 5.65. The van der Waals surface area contributed by atoms with E-state index in [1.165, 1.54) is 6.26 Å². The highest BCUT2D eigenvalue weighted by molar-refractivity contribution is 7.26. The van der Waals surface area contributed by atoms with Gasteiger partial charge in [0, 0.05) is 0 Å². The first-order valence-corrected chi connectivity index (χ1v) is 6.47. The van der Waals surface area contributed by atoms with E-state index < -0.39 is 0 Å². The zero-order chi connectivity index (χ0) is 13.2. The van der Waals surface area contributed by atoms with Crippen molar-refractivity contribution in [3.8, 4) is 0 Å². The number of rotatable bonds is 1. The number of hydrogen-bond donors (Lipinski definition) is 1. The largest absolute Gasteiger partial charge is 0.457 e. The molecular weight excluding hydrogens is 265 g/mol. The zero-order valence-electron chi connectivity index (χ0n) is 9.80. The second kappa shape index (κ2) is 4.96. The Morgan fingerprint density at radius 1 is 1.16 bits per heavy atom. The molecule has 3 rings (SSSR count). The molecule has 0 aliphatic carbocycles. The van der Waals surface area contributed by atoms with Crippen LogP contribution in [-0.4, -0.2) is 18.4 Å². The third-order valence-electron chi connectivity index (χ3n) is 2.88.